The molecule has 0 spiro atoms. The number of carbonyl (C=O) groups excluding carboxylic acids is 1. The van der Waals surface area contributed by atoms with Gasteiger partial charge in [-0.25, -0.2) is 0 Å². The van der Waals surface area contributed by atoms with Crippen molar-refractivity contribution in [2.75, 3.05) is 23.9 Å². The summed E-state index contributed by atoms with van der Waals surface area (Å²) in [6, 6.07) is 17.4. The smallest absolute Gasteiger partial charge is 0.234 e. The van der Waals surface area contributed by atoms with E-state index in [1.165, 1.54) is 11.8 Å². The van der Waals surface area contributed by atoms with Gasteiger partial charge in [0.2, 0.25) is 5.91 Å². The molecular formula is C18H18N2O2S2. The SMILES string of the molecule is COc1cccc(SCC(=O)Nc2ccccc2SCCC#N)c1. The van der Waals surface area contributed by atoms with Crippen LogP contribution in [0.2, 0.25) is 0 Å². The molecule has 0 fully saturated rings. The molecule has 0 saturated heterocycles. The van der Waals surface area contributed by atoms with E-state index < -0.39 is 0 Å². The lowest BCUT2D eigenvalue weighted by atomic mass is 10.3. The van der Waals surface area contributed by atoms with E-state index in [1.54, 1.807) is 18.9 Å². The quantitative estimate of drug-likeness (QED) is 0.559. The standard InChI is InChI=1S/C18H18N2O2S2/c1-22-14-6-4-7-15(12-14)24-13-18(21)20-16-8-2-3-9-17(16)23-11-5-10-19/h2-4,6-9,12H,5,11,13H2,1H3,(H,20,21). The zero-order valence-corrected chi connectivity index (χ0v) is 15.0. The molecule has 4 nitrogen and oxygen atoms in total. The summed E-state index contributed by atoms with van der Waals surface area (Å²) in [4.78, 5) is 14.2. The van der Waals surface area contributed by atoms with Crippen LogP contribution in [0, 0.1) is 11.3 Å². The maximum atomic E-state index is 12.2. The van der Waals surface area contributed by atoms with Crippen molar-refractivity contribution < 1.29 is 9.53 Å². The van der Waals surface area contributed by atoms with Crippen LogP contribution < -0.4 is 10.1 Å². The number of nitrogens with one attached hydrogen (secondary N) is 1. The number of amides is 1. The summed E-state index contributed by atoms with van der Waals surface area (Å²) in [6.45, 7) is 0. The molecule has 0 atom stereocenters. The predicted octanol–water partition coefficient (Wildman–Crippen LogP) is 4.43. The second-order valence-corrected chi connectivity index (χ2v) is 6.95. The molecular weight excluding hydrogens is 340 g/mol. The minimum Gasteiger partial charge on any atom is -0.497 e. The first kappa shape index (κ1) is 18.2. The highest BCUT2D eigenvalue weighted by molar-refractivity contribution is 8.00. The van der Waals surface area contributed by atoms with Gasteiger partial charge in [-0.15, -0.1) is 23.5 Å². The number of carbonyl (C=O) groups is 1. The number of methoxy groups -OCH3 is 1. The average Bonchev–Trinajstić information content (AvgIpc) is 2.62. The zero-order chi connectivity index (χ0) is 17.2. The minimum absolute atomic E-state index is 0.0591. The molecule has 0 aromatic heterocycles. The van der Waals surface area contributed by atoms with E-state index >= 15 is 0 Å². The number of hydrogen-bond acceptors (Lipinski definition) is 5. The van der Waals surface area contributed by atoms with Gasteiger partial charge in [0.05, 0.1) is 24.6 Å². The number of thioether (sulfide) groups is 2. The lowest BCUT2D eigenvalue weighted by Crippen LogP contribution is -2.14. The first-order chi connectivity index (χ1) is 11.7. The molecule has 0 aliphatic carbocycles. The van der Waals surface area contributed by atoms with Crippen LogP contribution in [-0.2, 0) is 4.79 Å². The number of rotatable bonds is 8. The Hall–Kier alpha value is -2.10. The van der Waals surface area contributed by atoms with Gasteiger partial charge >= 0.3 is 0 Å². The van der Waals surface area contributed by atoms with Crippen molar-refractivity contribution in [2.24, 2.45) is 0 Å². The van der Waals surface area contributed by atoms with E-state index in [0.717, 1.165) is 21.2 Å². The van der Waals surface area contributed by atoms with Crippen LogP contribution in [0.1, 0.15) is 6.42 Å². The Morgan fingerprint density at radius 3 is 2.83 bits per heavy atom. The molecule has 0 radical (unpaired) electrons. The number of hydrogen-bond donors (Lipinski definition) is 1. The summed E-state index contributed by atoms with van der Waals surface area (Å²) in [5, 5.41) is 11.6. The highest BCUT2D eigenvalue weighted by Crippen LogP contribution is 2.28. The maximum Gasteiger partial charge on any atom is 0.234 e. The Bertz CT molecular complexity index is 729. The van der Waals surface area contributed by atoms with Crippen LogP contribution in [-0.4, -0.2) is 24.5 Å². The molecule has 0 bridgehead atoms. The van der Waals surface area contributed by atoms with Gasteiger partial charge in [0.25, 0.3) is 0 Å². The van der Waals surface area contributed by atoms with Gasteiger partial charge in [-0.1, -0.05) is 18.2 Å². The third-order valence-electron chi connectivity index (χ3n) is 3.04. The third-order valence-corrected chi connectivity index (χ3v) is 5.11. The zero-order valence-electron chi connectivity index (χ0n) is 13.3. The van der Waals surface area contributed by atoms with Crippen molar-refractivity contribution in [2.45, 2.75) is 16.2 Å². The summed E-state index contributed by atoms with van der Waals surface area (Å²) < 4.78 is 5.18. The molecule has 0 saturated carbocycles. The Morgan fingerprint density at radius 2 is 2.04 bits per heavy atom. The fraction of sp³-hybridized carbons (Fsp3) is 0.222. The topological polar surface area (TPSA) is 62.1 Å². The van der Waals surface area contributed by atoms with Gasteiger partial charge in [-0.3, -0.25) is 4.79 Å². The van der Waals surface area contributed by atoms with Gasteiger partial charge < -0.3 is 10.1 Å². The molecule has 2 rings (SSSR count). The maximum absolute atomic E-state index is 12.2. The van der Waals surface area contributed by atoms with Gasteiger partial charge in [-0.05, 0) is 30.3 Å². The molecule has 0 aliphatic rings. The summed E-state index contributed by atoms with van der Waals surface area (Å²) in [7, 11) is 1.62. The molecule has 124 valence electrons. The van der Waals surface area contributed by atoms with Crippen molar-refractivity contribution in [1.29, 1.82) is 5.26 Å². The number of nitrogens with zero attached hydrogens (tertiary/aromatic N) is 1. The van der Waals surface area contributed by atoms with Crippen LogP contribution in [0.15, 0.2) is 58.3 Å². The van der Waals surface area contributed by atoms with E-state index in [2.05, 4.69) is 11.4 Å². The molecule has 0 heterocycles. The molecule has 1 amide bonds. The van der Waals surface area contributed by atoms with E-state index in [4.69, 9.17) is 10.00 Å². The Morgan fingerprint density at radius 1 is 1.21 bits per heavy atom. The summed E-state index contributed by atoms with van der Waals surface area (Å²) >= 11 is 3.04. The molecule has 1 N–H and O–H groups in total. The molecule has 6 heteroatoms. The molecule has 0 unspecified atom stereocenters. The Balaban J connectivity index is 1.91. The number of anilines is 1. The first-order valence-electron chi connectivity index (χ1n) is 7.38. The van der Waals surface area contributed by atoms with E-state index in [9.17, 15) is 4.79 Å². The Labute approximate surface area is 150 Å². The van der Waals surface area contributed by atoms with Gasteiger partial charge in [0.1, 0.15) is 5.75 Å². The van der Waals surface area contributed by atoms with Crippen LogP contribution >= 0.6 is 23.5 Å². The number of ether oxygens (including phenoxy) is 1. The van der Waals surface area contributed by atoms with Gasteiger partial charge in [-0.2, -0.15) is 5.26 Å². The monoisotopic (exact) mass is 358 g/mol. The normalized spacial score (nSPS) is 10.0. The van der Waals surface area contributed by atoms with Crippen molar-refractivity contribution in [3.8, 4) is 11.8 Å². The summed E-state index contributed by atoms with van der Waals surface area (Å²) in [6.07, 6.45) is 0.485. The molecule has 24 heavy (non-hydrogen) atoms. The number of benzene rings is 2. The van der Waals surface area contributed by atoms with Gasteiger partial charge in [0, 0.05) is 22.0 Å². The van der Waals surface area contributed by atoms with Crippen molar-refractivity contribution in [3.05, 3.63) is 48.5 Å². The lowest BCUT2D eigenvalue weighted by molar-refractivity contribution is -0.113. The fourth-order valence-electron chi connectivity index (χ4n) is 1.93. The van der Waals surface area contributed by atoms with Crippen molar-refractivity contribution >= 4 is 35.1 Å². The average molecular weight is 358 g/mol. The molecule has 2 aromatic rings. The fourth-order valence-corrected chi connectivity index (χ4v) is 3.54. The van der Waals surface area contributed by atoms with Crippen LogP contribution in [0.25, 0.3) is 0 Å². The summed E-state index contributed by atoms with van der Waals surface area (Å²) in [5.74, 6) is 1.75. The summed E-state index contributed by atoms with van der Waals surface area (Å²) in [5.41, 5.74) is 0.789. The largest absolute Gasteiger partial charge is 0.497 e. The van der Waals surface area contributed by atoms with Crippen LogP contribution in [0.3, 0.4) is 0 Å². The lowest BCUT2D eigenvalue weighted by Gasteiger charge is -2.10. The minimum atomic E-state index is -0.0591. The van der Waals surface area contributed by atoms with E-state index in [0.29, 0.717) is 17.9 Å². The molecule has 0 aliphatic heterocycles. The van der Waals surface area contributed by atoms with Crippen molar-refractivity contribution in [1.82, 2.24) is 0 Å². The highest BCUT2D eigenvalue weighted by atomic mass is 32.2. The van der Waals surface area contributed by atoms with E-state index in [-0.39, 0.29) is 5.91 Å². The number of para-hydroxylation sites is 1. The second-order valence-electron chi connectivity index (χ2n) is 4.77. The van der Waals surface area contributed by atoms with Crippen LogP contribution in [0.4, 0.5) is 5.69 Å². The van der Waals surface area contributed by atoms with Crippen LogP contribution in [0.5, 0.6) is 5.75 Å². The van der Waals surface area contributed by atoms with E-state index in [1.807, 2.05) is 48.5 Å². The highest BCUT2D eigenvalue weighted by Gasteiger charge is 2.08. The predicted molar refractivity (Wildman–Crippen MR) is 99.7 cm³/mol. The van der Waals surface area contributed by atoms with Crippen molar-refractivity contribution in [3.63, 3.8) is 0 Å². The van der Waals surface area contributed by atoms with Gasteiger partial charge in [0.15, 0.2) is 0 Å². The second kappa shape index (κ2) is 9.91. The number of nitriles is 1. The molecule has 2 aromatic carbocycles. The first-order valence-corrected chi connectivity index (χ1v) is 9.35. The third kappa shape index (κ3) is 5.84. The Kier molecular flexibility index (Phi) is 7.53.